The predicted molar refractivity (Wildman–Crippen MR) is 89.1 cm³/mol. The van der Waals surface area contributed by atoms with Gasteiger partial charge in [-0.3, -0.25) is 4.79 Å². The quantitative estimate of drug-likeness (QED) is 0.566. The molecule has 2 rings (SSSR count). The number of aldehydes is 1. The first-order valence-electron chi connectivity index (χ1n) is 7.60. The summed E-state index contributed by atoms with van der Waals surface area (Å²) in [6.07, 6.45) is -3.04. The van der Waals surface area contributed by atoms with Crippen molar-refractivity contribution in [1.82, 2.24) is 5.32 Å². The van der Waals surface area contributed by atoms with E-state index in [9.17, 15) is 24.9 Å². The first-order valence-corrected chi connectivity index (χ1v) is 7.60. The molecular weight excluding hydrogens is 326 g/mol. The maximum atomic E-state index is 11.6. The number of aliphatic hydroxyl groups is 2. The number of alkyl carbamates (subject to hydrolysis) is 1. The van der Waals surface area contributed by atoms with Crippen molar-refractivity contribution >= 4 is 12.4 Å². The minimum Gasteiger partial charge on any atom is -0.508 e. The van der Waals surface area contributed by atoms with E-state index in [1.165, 1.54) is 18.2 Å². The number of benzene rings is 2. The number of carbonyl (C=O) groups is 2. The summed E-state index contributed by atoms with van der Waals surface area (Å²) < 4.78 is 4.99. The number of nitrogens with one attached hydrogen (secondary N) is 1. The van der Waals surface area contributed by atoms with Crippen LogP contribution in [0.15, 0.2) is 48.5 Å². The van der Waals surface area contributed by atoms with Crippen LogP contribution in [0.3, 0.4) is 0 Å². The number of rotatable bonds is 7. The average molecular weight is 345 g/mol. The topological polar surface area (TPSA) is 116 Å². The zero-order valence-electron chi connectivity index (χ0n) is 13.3. The van der Waals surface area contributed by atoms with Gasteiger partial charge < -0.3 is 25.4 Å². The molecule has 0 radical (unpaired) electrons. The summed E-state index contributed by atoms with van der Waals surface area (Å²) in [6.45, 7) is -0.188. The number of phenolic OH excluding ortho intramolecular Hbond substituents is 1. The third kappa shape index (κ3) is 5.30. The van der Waals surface area contributed by atoms with E-state index >= 15 is 0 Å². The SMILES string of the molecule is O=Cc1cc(O)ccc1C(O)C(O)CNC(=O)OCc1ccccc1. The van der Waals surface area contributed by atoms with E-state index < -0.39 is 18.3 Å². The van der Waals surface area contributed by atoms with E-state index in [-0.39, 0.29) is 30.0 Å². The Morgan fingerprint density at radius 1 is 1.16 bits per heavy atom. The molecule has 7 heteroatoms. The maximum absolute atomic E-state index is 11.6. The third-order valence-electron chi connectivity index (χ3n) is 3.55. The summed E-state index contributed by atoms with van der Waals surface area (Å²) in [6, 6.07) is 12.9. The zero-order valence-corrected chi connectivity index (χ0v) is 13.3. The third-order valence-corrected chi connectivity index (χ3v) is 3.55. The van der Waals surface area contributed by atoms with Gasteiger partial charge in [-0.05, 0) is 23.3 Å². The Balaban J connectivity index is 1.85. The summed E-state index contributed by atoms with van der Waals surface area (Å²) in [7, 11) is 0. The Hall–Kier alpha value is -2.90. The number of aliphatic hydroxyl groups excluding tert-OH is 2. The molecule has 0 heterocycles. The molecule has 0 aliphatic rings. The molecule has 0 aromatic heterocycles. The fraction of sp³-hybridized carbons (Fsp3) is 0.222. The largest absolute Gasteiger partial charge is 0.508 e. The Kier molecular flexibility index (Phi) is 6.50. The molecular formula is C18H19NO6. The van der Waals surface area contributed by atoms with Gasteiger partial charge in [0.25, 0.3) is 0 Å². The Bertz CT molecular complexity index is 719. The molecule has 0 saturated carbocycles. The molecule has 132 valence electrons. The summed E-state index contributed by atoms with van der Waals surface area (Å²) >= 11 is 0. The fourth-order valence-corrected chi connectivity index (χ4v) is 2.21. The molecule has 0 aliphatic heterocycles. The Labute approximate surface area is 144 Å². The van der Waals surface area contributed by atoms with Crippen LogP contribution in [0.2, 0.25) is 0 Å². The van der Waals surface area contributed by atoms with E-state index in [1.54, 1.807) is 12.1 Å². The van der Waals surface area contributed by atoms with Crippen LogP contribution < -0.4 is 5.32 Å². The molecule has 2 aromatic rings. The molecule has 0 spiro atoms. The number of aromatic hydroxyl groups is 1. The fourth-order valence-electron chi connectivity index (χ4n) is 2.21. The molecule has 0 bridgehead atoms. The lowest BCUT2D eigenvalue weighted by molar-refractivity contribution is 0.0180. The molecule has 2 unspecified atom stereocenters. The Morgan fingerprint density at radius 3 is 2.56 bits per heavy atom. The second-order valence-corrected chi connectivity index (χ2v) is 5.39. The lowest BCUT2D eigenvalue weighted by atomic mass is 9.99. The molecule has 0 saturated heterocycles. The van der Waals surface area contributed by atoms with Crippen molar-refractivity contribution in [2.45, 2.75) is 18.8 Å². The van der Waals surface area contributed by atoms with Gasteiger partial charge in [0.15, 0.2) is 6.29 Å². The van der Waals surface area contributed by atoms with E-state index in [2.05, 4.69) is 5.32 Å². The number of amides is 1. The molecule has 2 atom stereocenters. The highest BCUT2D eigenvalue weighted by molar-refractivity contribution is 5.78. The first-order chi connectivity index (χ1) is 12.0. The van der Waals surface area contributed by atoms with Crippen molar-refractivity contribution < 1.29 is 29.6 Å². The lowest BCUT2D eigenvalue weighted by Gasteiger charge is -2.20. The number of hydrogen-bond donors (Lipinski definition) is 4. The number of hydrogen-bond acceptors (Lipinski definition) is 6. The summed E-state index contributed by atoms with van der Waals surface area (Å²) in [5.74, 6) is -0.129. The molecule has 1 amide bonds. The van der Waals surface area contributed by atoms with E-state index in [4.69, 9.17) is 4.74 Å². The second-order valence-electron chi connectivity index (χ2n) is 5.39. The smallest absolute Gasteiger partial charge is 0.407 e. The summed E-state index contributed by atoms with van der Waals surface area (Å²) in [5.41, 5.74) is 1.02. The minimum atomic E-state index is -1.41. The average Bonchev–Trinajstić information content (AvgIpc) is 2.64. The van der Waals surface area contributed by atoms with Gasteiger partial charge >= 0.3 is 6.09 Å². The van der Waals surface area contributed by atoms with Crippen molar-refractivity contribution in [1.29, 1.82) is 0 Å². The van der Waals surface area contributed by atoms with Crippen LogP contribution in [0.4, 0.5) is 4.79 Å². The highest BCUT2D eigenvalue weighted by atomic mass is 16.5. The van der Waals surface area contributed by atoms with Gasteiger partial charge in [-0.2, -0.15) is 0 Å². The van der Waals surface area contributed by atoms with Crippen LogP contribution in [-0.4, -0.2) is 40.3 Å². The molecule has 0 aliphatic carbocycles. The minimum absolute atomic E-state index is 0.0539. The van der Waals surface area contributed by atoms with Gasteiger partial charge in [0.05, 0.1) is 0 Å². The monoisotopic (exact) mass is 345 g/mol. The maximum Gasteiger partial charge on any atom is 0.407 e. The Morgan fingerprint density at radius 2 is 1.88 bits per heavy atom. The van der Waals surface area contributed by atoms with Crippen LogP contribution in [0.25, 0.3) is 0 Å². The summed E-state index contributed by atoms with van der Waals surface area (Å²) in [4.78, 5) is 22.6. The van der Waals surface area contributed by atoms with E-state index in [0.717, 1.165) is 5.56 Å². The van der Waals surface area contributed by atoms with Crippen LogP contribution in [-0.2, 0) is 11.3 Å². The van der Waals surface area contributed by atoms with Crippen LogP contribution >= 0.6 is 0 Å². The van der Waals surface area contributed by atoms with Crippen LogP contribution in [0.5, 0.6) is 5.75 Å². The van der Waals surface area contributed by atoms with Crippen molar-refractivity contribution in [3.63, 3.8) is 0 Å². The molecule has 2 aromatic carbocycles. The van der Waals surface area contributed by atoms with Gasteiger partial charge in [-0.15, -0.1) is 0 Å². The van der Waals surface area contributed by atoms with Gasteiger partial charge in [0.1, 0.15) is 24.6 Å². The van der Waals surface area contributed by atoms with Crippen molar-refractivity contribution in [3.05, 3.63) is 65.2 Å². The lowest BCUT2D eigenvalue weighted by Crippen LogP contribution is -2.36. The highest BCUT2D eigenvalue weighted by Crippen LogP contribution is 2.23. The molecule has 0 fully saturated rings. The summed E-state index contributed by atoms with van der Waals surface area (Å²) in [5, 5.41) is 31.8. The van der Waals surface area contributed by atoms with E-state index in [1.807, 2.05) is 18.2 Å². The standard InChI is InChI=1S/C18H19NO6/c20-10-13-8-14(21)6-7-15(13)17(23)16(22)9-19-18(24)25-11-12-4-2-1-3-5-12/h1-8,10,16-17,21-23H,9,11H2,(H,19,24). The van der Waals surface area contributed by atoms with Gasteiger partial charge in [-0.25, -0.2) is 4.79 Å². The molecule has 25 heavy (non-hydrogen) atoms. The first kappa shape index (κ1) is 18.4. The predicted octanol–water partition coefficient (Wildman–Crippen LogP) is 1.53. The molecule has 4 N–H and O–H groups in total. The van der Waals surface area contributed by atoms with Crippen LogP contribution in [0, 0.1) is 0 Å². The van der Waals surface area contributed by atoms with Crippen molar-refractivity contribution in [2.75, 3.05) is 6.54 Å². The number of ether oxygens (including phenoxy) is 1. The number of phenols is 1. The van der Waals surface area contributed by atoms with E-state index in [0.29, 0.717) is 6.29 Å². The highest BCUT2D eigenvalue weighted by Gasteiger charge is 2.22. The van der Waals surface area contributed by atoms with Gasteiger partial charge in [0.2, 0.25) is 0 Å². The van der Waals surface area contributed by atoms with Gasteiger partial charge in [0, 0.05) is 12.1 Å². The number of carbonyl (C=O) groups excluding carboxylic acids is 2. The normalized spacial score (nSPS) is 12.9. The second kappa shape index (κ2) is 8.81. The molecule has 7 nitrogen and oxygen atoms in total. The van der Waals surface area contributed by atoms with Crippen LogP contribution in [0.1, 0.15) is 27.6 Å². The van der Waals surface area contributed by atoms with Crippen molar-refractivity contribution in [3.8, 4) is 5.75 Å². The zero-order chi connectivity index (χ0) is 18.2. The van der Waals surface area contributed by atoms with Crippen molar-refractivity contribution in [2.24, 2.45) is 0 Å². The van der Waals surface area contributed by atoms with Gasteiger partial charge in [-0.1, -0.05) is 36.4 Å².